The molecule has 2 rings (SSSR count). The lowest BCUT2D eigenvalue weighted by atomic mass is 10.0. The Morgan fingerprint density at radius 1 is 1.42 bits per heavy atom. The van der Waals surface area contributed by atoms with Gasteiger partial charge < -0.3 is 10.4 Å². The van der Waals surface area contributed by atoms with Crippen molar-refractivity contribution in [3.63, 3.8) is 0 Å². The minimum Gasteiger partial charge on any atom is -0.508 e. The SMILES string of the molecule is CC(=O)NC(c1cn[nH]c1)c1cc(Cl)c(Cl)cc1O. The van der Waals surface area contributed by atoms with Gasteiger partial charge in [-0.2, -0.15) is 5.10 Å². The molecule has 0 fully saturated rings. The molecule has 19 heavy (non-hydrogen) atoms. The molecule has 0 spiro atoms. The molecular weight excluding hydrogens is 289 g/mol. The highest BCUT2D eigenvalue weighted by Gasteiger charge is 2.21. The molecule has 0 aliphatic rings. The summed E-state index contributed by atoms with van der Waals surface area (Å²) in [6.45, 7) is 1.39. The Kier molecular flexibility index (Phi) is 3.97. The number of carbonyl (C=O) groups excluding carboxylic acids is 1. The van der Waals surface area contributed by atoms with Crippen LogP contribution in [0.1, 0.15) is 24.1 Å². The topological polar surface area (TPSA) is 78.0 Å². The second-order valence-corrected chi connectivity index (χ2v) is 4.80. The van der Waals surface area contributed by atoms with Gasteiger partial charge in [0, 0.05) is 30.3 Å². The van der Waals surface area contributed by atoms with Gasteiger partial charge in [0.25, 0.3) is 0 Å². The van der Waals surface area contributed by atoms with Crippen molar-refractivity contribution < 1.29 is 9.90 Å². The van der Waals surface area contributed by atoms with E-state index in [0.717, 1.165) is 0 Å². The Bertz CT molecular complexity index is 599. The van der Waals surface area contributed by atoms with Gasteiger partial charge >= 0.3 is 0 Å². The van der Waals surface area contributed by atoms with Crippen LogP contribution in [-0.4, -0.2) is 21.2 Å². The van der Waals surface area contributed by atoms with Crippen LogP contribution in [0.3, 0.4) is 0 Å². The predicted octanol–water partition coefficient (Wildman–Crippen LogP) is 2.65. The number of aromatic hydroxyl groups is 1. The highest BCUT2D eigenvalue weighted by molar-refractivity contribution is 6.42. The number of aromatic amines is 1. The number of H-pyrrole nitrogens is 1. The van der Waals surface area contributed by atoms with Crippen molar-refractivity contribution in [2.24, 2.45) is 0 Å². The van der Waals surface area contributed by atoms with E-state index in [1.807, 2.05) is 0 Å². The van der Waals surface area contributed by atoms with Crippen LogP contribution >= 0.6 is 23.2 Å². The number of benzene rings is 1. The van der Waals surface area contributed by atoms with E-state index in [1.165, 1.54) is 19.1 Å². The largest absolute Gasteiger partial charge is 0.508 e. The van der Waals surface area contributed by atoms with Gasteiger partial charge in [0.05, 0.1) is 22.3 Å². The molecule has 1 aromatic heterocycles. The number of hydrogen-bond donors (Lipinski definition) is 3. The number of carbonyl (C=O) groups is 1. The summed E-state index contributed by atoms with van der Waals surface area (Å²) in [7, 11) is 0. The molecule has 0 radical (unpaired) electrons. The summed E-state index contributed by atoms with van der Waals surface area (Å²) in [6.07, 6.45) is 3.19. The molecule has 1 atom stereocenters. The van der Waals surface area contributed by atoms with E-state index in [9.17, 15) is 9.90 Å². The van der Waals surface area contributed by atoms with Crippen LogP contribution in [0.4, 0.5) is 0 Å². The maximum atomic E-state index is 11.3. The van der Waals surface area contributed by atoms with Gasteiger partial charge in [0.1, 0.15) is 5.75 Å². The van der Waals surface area contributed by atoms with Gasteiger partial charge in [0.2, 0.25) is 5.91 Å². The number of aromatic nitrogens is 2. The van der Waals surface area contributed by atoms with Gasteiger partial charge in [0.15, 0.2) is 0 Å². The highest BCUT2D eigenvalue weighted by atomic mass is 35.5. The van der Waals surface area contributed by atoms with E-state index < -0.39 is 6.04 Å². The predicted molar refractivity (Wildman–Crippen MR) is 72.4 cm³/mol. The van der Waals surface area contributed by atoms with Gasteiger partial charge in [-0.15, -0.1) is 0 Å². The van der Waals surface area contributed by atoms with E-state index in [-0.39, 0.29) is 16.7 Å². The van der Waals surface area contributed by atoms with Crippen molar-refractivity contribution in [3.05, 3.63) is 45.7 Å². The Morgan fingerprint density at radius 3 is 2.68 bits per heavy atom. The Morgan fingerprint density at radius 2 is 2.11 bits per heavy atom. The van der Waals surface area contributed by atoms with Crippen molar-refractivity contribution in [3.8, 4) is 5.75 Å². The zero-order chi connectivity index (χ0) is 14.0. The first-order valence-corrected chi connectivity index (χ1v) is 6.18. The van der Waals surface area contributed by atoms with Crippen molar-refractivity contribution in [1.29, 1.82) is 0 Å². The lowest BCUT2D eigenvalue weighted by Crippen LogP contribution is -2.26. The minimum atomic E-state index is -0.550. The summed E-state index contributed by atoms with van der Waals surface area (Å²) in [6, 6.07) is 2.31. The number of phenolic OH excluding ortho intramolecular Hbond substituents is 1. The molecule has 7 heteroatoms. The number of nitrogens with zero attached hydrogens (tertiary/aromatic N) is 1. The Balaban J connectivity index is 2.49. The van der Waals surface area contributed by atoms with Crippen molar-refractivity contribution >= 4 is 29.1 Å². The summed E-state index contributed by atoms with van der Waals surface area (Å²) in [4.78, 5) is 11.3. The van der Waals surface area contributed by atoms with Crippen LogP contribution in [0.25, 0.3) is 0 Å². The number of hydrogen-bond acceptors (Lipinski definition) is 3. The average molecular weight is 300 g/mol. The van der Waals surface area contributed by atoms with E-state index in [4.69, 9.17) is 23.2 Å². The smallest absolute Gasteiger partial charge is 0.217 e. The summed E-state index contributed by atoms with van der Waals surface area (Å²) in [5, 5.41) is 19.7. The fourth-order valence-corrected chi connectivity index (χ4v) is 2.08. The van der Waals surface area contributed by atoms with Crippen molar-refractivity contribution in [1.82, 2.24) is 15.5 Å². The molecule has 1 aromatic carbocycles. The number of halogens is 2. The summed E-state index contributed by atoms with van der Waals surface area (Å²) in [5.41, 5.74) is 1.15. The quantitative estimate of drug-likeness (QED) is 0.815. The van der Waals surface area contributed by atoms with E-state index in [0.29, 0.717) is 16.1 Å². The van der Waals surface area contributed by atoms with E-state index in [1.54, 1.807) is 12.4 Å². The van der Waals surface area contributed by atoms with Crippen LogP contribution in [0.2, 0.25) is 10.0 Å². The molecule has 0 bridgehead atoms. The molecule has 0 aliphatic carbocycles. The lowest BCUT2D eigenvalue weighted by Gasteiger charge is -2.18. The van der Waals surface area contributed by atoms with Gasteiger partial charge in [-0.3, -0.25) is 9.89 Å². The number of rotatable bonds is 3. The van der Waals surface area contributed by atoms with E-state index >= 15 is 0 Å². The van der Waals surface area contributed by atoms with Crippen LogP contribution < -0.4 is 5.32 Å². The maximum Gasteiger partial charge on any atom is 0.217 e. The van der Waals surface area contributed by atoms with E-state index in [2.05, 4.69) is 15.5 Å². The molecule has 1 heterocycles. The lowest BCUT2D eigenvalue weighted by molar-refractivity contribution is -0.119. The fourth-order valence-electron chi connectivity index (χ4n) is 1.75. The number of phenols is 1. The summed E-state index contributed by atoms with van der Waals surface area (Å²) >= 11 is 11.8. The second-order valence-electron chi connectivity index (χ2n) is 3.99. The maximum absolute atomic E-state index is 11.3. The number of amides is 1. The van der Waals surface area contributed by atoms with Crippen molar-refractivity contribution in [2.75, 3.05) is 0 Å². The molecule has 1 unspecified atom stereocenters. The zero-order valence-electron chi connectivity index (χ0n) is 9.95. The Labute approximate surface area is 119 Å². The molecule has 0 aliphatic heterocycles. The summed E-state index contributed by atoms with van der Waals surface area (Å²) in [5.74, 6) is -0.286. The van der Waals surface area contributed by atoms with Crippen LogP contribution in [0.15, 0.2) is 24.5 Å². The van der Waals surface area contributed by atoms with Crippen LogP contribution in [0, 0.1) is 0 Å². The molecule has 3 N–H and O–H groups in total. The zero-order valence-corrected chi connectivity index (χ0v) is 11.5. The average Bonchev–Trinajstić information content (AvgIpc) is 2.84. The number of nitrogens with one attached hydrogen (secondary N) is 2. The third-order valence-corrected chi connectivity index (χ3v) is 3.30. The second kappa shape index (κ2) is 5.50. The molecule has 0 saturated carbocycles. The van der Waals surface area contributed by atoms with Crippen LogP contribution in [0.5, 0.6) is 5.75 Å². The third kappa shape index (κ3) is 3.00. The molecule has 100 valence electrons. The van der Waals surface area contributed by atoms with Gasteiger partial charge in [-0.25, -0.2) is 0 Å². The first-order valence-electron chi connectivity index (χ1n) is 5.42. The molecule has 5 nitrogen and oxygen atoms in total. The molecule has 0 saturated heterocycles. The fraction of sp³-hybridized carbons (Fsp3) is 0.167. The molecular formula is C12H11Cl2N3O2. The minimum absolute atomic E-state index is 0.0469. The normalized spacial score (nSPS) is 12.2. The summed E-state index contributed by atoms with van der Waals surface area (Å²) < 4.78 is 0. The molecule has 2 aromatic rings. The third-order valence-electron chi connectivity index (χ3n) is 2.58. The first-order chi connectivity index (χ1) is 8.99. The Hall–Kier alpha value is -1.72. The highest BCUT2D eigenvalue weighted by Crippen LogP contribution is 2.35. The first kappa shape index (κ1) is 13.7. The van der Waals surface area contributed by atoms with Crippen LogP contribution in [-0.2, 0) is 4.79 Å². The molecule has 1 amide bonds. The van der Waals surface area contributed by atoms with Crippen molar-refractivity contribution in [2.45, 2.75) is 13.0 Å². The van der Waals surface area contributed by atoms with Gasteiger partial charge in [-0.1, -0.05) is 23.2 Å². The standard InChI is InChI=1S/C12H11Cl2N3O2/c1-6(18)17-12(7-4-15-16-5-7)8-2-9(13)10(14)3-11(8)19/h2-5,12,19H,1H3,(H,15,16)(H,17,18). The monoisotopic (exact) mass is 299 g/mol. The van der Waals surface area contributed by atoms with Gasteiger partial charge in [-0.05, 0) is 6.07 Å².